The van der Waals surface area contributed by atoms with Gasteiger partial charge in [0.1, 0.15) is 0 Å². The zero-order chi connectivity index (χ0) is 11.5. The molecule has 0 saturated carbocycles. The monoisotopic (exact) mass is 357 g/mol. The minimum absolute atomic E-state index is 0.787. The van der Waals surface area contributed by atoms with Crippen LogP contribution in [0.25, 0.3) is 0 Å². The molecule has 4 heteroatoms. The van der Waals surface area contributed by atoms with E-state index in [2.05, 4.69) is 37.9 Å². The van der Waals surface area contributed by atoms with E-state index in [1.54, 1.807) is 11.8 Å². The lowest BCUT2D eigenvalue weighted by atomic mass is 10.3. The van der Waals surface area contributed by atoms with Gasteiger partial charge in [-0.15, -0.1) is 0 Å². The van der Waals surface area contributed by atoms with E-state index in [9.17, 15) is 0 Å². The van der Waals surface area contributed by atoms with Gasteiger partial charge in [0, 0.05) is 24.4 Å². The number of hydrogen-bond donors (Lipinski definition) is 1. The number of benzene rings is 2. The molecule has 2 rings (SSSR count). The van der Waals surface area contributed by atoms with Gasteiger partial charge >= 0.3 is 0 Å². The number of halogens is 2. The fourth-order valence-electron chi connectivity index (χ4n) is 1.26. The second-order valence-electron chi connectivity index (χ2n) is 3.21. The van der Waals surface area contributed by atoms with Crippen molar-refractivity contribution < 1.29 is 0 Å². The largest absolute Gasteiger partial charge is 0.398 e. The summed E-state index contributed by atoms with van der Waals surface area (Å²) in [7, 11) is 0. The van der Waals surface area contributed by atoms with Crippen molar-refractivity contribution in [2.24, 2.45) is 0 Å². The smallest absolute Gasteiger partial charge is 0.0467 e. The molecule has 0 aliphatic heterocycles. The third kappa shape index (κ3) is 2.81. The topological polar surface area (TPSA) is 26.0 Å². The Morgan fingerprint density at radius 3 is 2.38 bits per heavy atom. The van der Waals surface area contributed by atoms with Gasteiger partial charge in [0.15, 0.2) is 0 Å². The highest BCUT2D eigenvalue weighted by molar-refractivity contribution is 9.10. The Kier molecular flexibility index (Phi) is 3.95. The van der Waals surface area contributed by atoms with Gasteiger partial charge in [0.2, 0.25) is 0 Å². The Morgan fingerprint density at radius 2 is 1.69 bits per heavy atom. The normalized spacial score (nSPS) is 10.4. The van der Waals surface area contributed by atoms with Gasteiger partial charge in [0.25, 0.3) is 0 Å². The van der Waals surface area contributed by atoms with Gasteiger partial charge in [-0.25, -0.2) is 0 Å². The number of anilines is 1. The molecular weight excluding hydrogens is 350 g/mol. The minimum Gasteiger partial charge on any atom is -0.398 e. The van der Waals surface area contributed by atoms with Gasteiger partial charge in [-0.05, 0) is 46.3 Å². The van der Waals surface area contributed by atoms with Gasteiger partial charge < -0.3 is 5.73 Å². The van der Waals surface area contributed by atoms with E-state index in [1.807, 2.05) is 36.4 Å². The van der Waals surface area contributed by atoms with Crippen molar-refractivity contribution >= 4 is 49.3 Å². The summed E-state index contributed by atoms with van der Waals surface area (Å²) in [6.07, 6.45) is 0. The van der Waals surface area contributed by atoms with E-state index in [-0.39, 0.29) is 0 Å². The molecule has 82 valence electrons. The van der Waals surface area contributed by atoms with Crippen LogP contribution in [-0.4, -0.2) is 0 Å². The molecule has 0 unspecified atom stereocenters. The molecule has 2 aromatic rings. The summed E-state index contributed by atoms with van der Waals surface area (Å²) in [6.45, 7) is 0. The third-order valence-electron chi connectivity index (χ3n) is 2.03. The number of rotatable bonds is 2. The molecular formula is C12H9Br2NS. The molecule has 0 heterocycles. The van der Waals surface area contributed by atoms with E-state index >= 15 is 0 Å². The fourth-order valence-corrected chi connectivity index (χ4v) is 3.03. The average Bonchev–Trinajstić information content (AvgIpc) is 2.25. The maximum Gasteiger partial charge on any atom is 0.0467 e. The van der Waals surface area contributed by atoms with Crippen LogP contribution in [0.1, 0.15) is 0 Å². The SMILES string of the molecule is Nc1cc(Br)ccc1Sc1ccccc1Br. The summed E-state index contributed by atoms with van der Waals surface area (Å²) >= 11 is 8.58. The van der Waals surface area contributed by atoms with E-state index < -0.39 is 0 Å². The molecule has 0 fully saturated rings. The maximum absolute atomic E-state index is 5.95. The lowest BCUT2D eigenvalue weighted by molar-refractivity contribution is 1.37. The Morgan fingerprint density at radius 1 is 0.938 bits per heavy atom. The van der Waals surface area contributed by atoms with Gasteiger partial charge in [-0.3, -0.25) is 0 Å². The average molecular weight is 359 g/mol. The molecule has 2 aromatic carbocycles. The van der Waals surface area contributed by atoms with Crippen LogP contribution in [0.4, 0.5) is 5.69 Å². The second-order valence-corrected chi connectivity index (χ2v) is 6.07. The van der Waals surface area contributed by atoms with Crippen LogP contribution >= 0.6 is 43.6 Å². The third-order valence-corrected chi connectivity index (χ3v) is 4.64. The van der Waals surface area contributed by atoms with Crippen LogP contribution in [0.5, 0.6) is 0 Å². The van der Waals surface area contributed by atoms with Crippen LogP contribution in [-0.2, 0) is 0 Å². The first-order chi connectivity index (χ1) is 7.66. The van der Waals surface area contributed by atoms with Crippen molar-refractivity contribution in [1.29, 1.82) is 0 Å². The first-order valence-corrected chi connectivity index (χ1v) is 7.04. The minimum atomic E-state index is 0.787. The van der Waals surface area contributed by atoms with E-state index in [0.29, 0.717) is 0 Å². The molecule has 0 aliphatic rings. The molecule has 0 saturated heterocycles. The molecule has 0 spiro atoms. The first-order valence-electron chi connectivity index (χ1n) is 4.64. The number of nitrogens with two attached hydrogens (primary N) is 1. The van der Waals surface area contributed by atoms with Gasteiger partial charge in [-0.2, -0.15) is 0 Å². The first kappa shape index (κ1) is 12.0. The Labute approximate surface area is 116 Å². The number of hydrogen-bond acceptors (Lipinski definition) is 2. The van der Waals surface area contributed by atoms with Crippen molar-refractivity contribution in [1.82, 2.24) is 0 Å². The zero-order valence-corrected chi connectivity index (χ0v) is 12.3. The highest BCUT2D eigenvalue weighted by Gasteiger charge is 2.04. The molecule has 0 aromatic heterocycles. The Bertz CT molecular complexity index is 514. The highest BCUT2D eigenvalue weighted by Crippen LogP contribution is 2.37. The fraction of sp³-hybridized carbons (Fsp3) is 0. The Hall–Kier alpha value is -0.450. The highest BCUT2D eigenvalue weighted by atomic mass is 79.9. The van der Waals surface area contributed by atoms with E-state index in [4.69, 9.17) is 5.73 Å². The van der Waals surface area contributed by atoms with Crippen molar-refractivity contribution in [3.8, 4) is 0 Å². The summed E-state index contributed by atoms with van der Waals surface area (Å²) < 4.78 is 2.09. The number of nitrogen functional groups attached to an aromatic ring is 1. The molecule has 1 nitrogen and oxygen atoms in total. The van der Waals surface area contributed by atoms with Crippen LogP contribution in [0.2, 0.25) is 0 Å². The van der Waals surface area contributed by atoms with Crippen LogP contribution in [0.3, 0.4) is 0 Å². The zero-order valence-electron chi connectivity index (χ0n) is 8.28. The quantitative estimate of drug-likeness (QED) is 0.769. The molecule has 0 atom stereocenters. The molecule has 16 heavy (non-hydrogen) atoms. The molecule has 0 radical (unpaired) electrons. The maximum atomic E-state index is 5.95. The molecule has 0 amide bonds. The van der Waals surface area contributed by atoms with E-state index in [0.717, 1.165) is 24.4 Å². The summed E-state index contributed by atoms with van der Waals surface area (Å²) in [5, 5.41) is 0. The van der Waals surface area contributed by atoms with Gasteiger partial charge in [0.05, 0.1) is 0 Å². The second kappa shape index (κ2) is 5.25. The summed E-state index contributed by atoms with van der Waals surface area (Å²) in [5.41, 5.74) is 6.74. The molecule has 2 N–H and O–H groups in total. The predicted molar refractivity (Wildman–Crippen MR) is 76.8 cm³/mol. The summed E-state index contributed by atoms with van der Waals surface area (Å²) in [4.78, 5) is 2.23. The van der Waals surface area contributed by atoms with Crippen molar-refractivity contribution in [2.75, 3.05) is 5.73 Å². The van der Waals surface area contributed by atoms with Crippen LogP contribution in [0.15, 0.2) is 61.2 Å². The standard InChI is InChI=1S/C12H9Br2NS/c13-8-5-6-12(10(15)7-8)16-11-4-2-1-3-9(11)14/h1-7H,15H2. The van der Waals surface area contributed by atoms with Crippen LogP contribution in [0, 0.1) is 0 Å². The van der Waals surface area contributed by atoms with Crippen molar-refractivity contribution in [3.63, 3.8) is 0 Å². The molecule has 0 aliphatic carbocycles. The lowest BCUT2D eigenvalue weighted by Crippen LogP contribution is -1.88. The Balaban J connectivity index is 2.31. The van der Waals surface area contributed by atoms with Crippen molar-refractivity contribution in [3.05, 3.63) is 51.4 Å². The van der Waals surface area contributed by atoms with Gasteiger partial charge in [-0.1, -0.05) is 39.8 Å². The lowest BCUT2D eigenvalue weighted by Gasteiger charge is -2.07. The van der Waals surface area contributed by atoms with E-state index in [1.165, 1.54) is 0 Å². The predicted octanol–water partition coefficient (Wildman–Crippen LogP) is 4.95. The summed E-state index contributed by atoms with van der Waals surface area (Å²) in [5.74, 6) is 0. The van der Waals surface area contributed by atoms with Crippen LogP contribution < -0.4 is 5.73 Å². The molecule has 0 bridgehead atoms. The summed E-state index contributed by atoms with van der Waals surface area (Å²) in [6, 6.07) is 14.0. The van der Waals surface area contributed by atoms with Crippen molar-refractivity contribution in [2.45, 2.75) is 9.79 Å².